The van der Waals surface area contributed by atoms with E-state index in [0.717, 1.165) is 23.6 Å². The molecule has 1 unspecified atom stereocenters. The number of aromatic nitrogens is 2. The van der Waals surface area contributed by atoms with Crippen LogP contribution in [0.25, 0.3) is 0 Å². The third-order valence-electron chi connectivity index (χ3n) is 3.96. The van der Waals surface area contributed by atoms with E-state index in [4.69, 9.17) is 14.7 Å². The van der Waals surface area contributed by atoms with Gasteiger partial charge in [0, 0.05) is 16.4 Å². The molecule has 0 saturated carbocycles. The van der Waals surface area contributed by atoms with Crippen LogP contribution in [0.1, 0.15) is 77.7 Å². The van der Waals surface area contributed by atoms with E-state index in [1.54, 1.807) is 0 Å². The molecule has 1 atom stereocenters. The average Bonchev–Trinajstić information content (AvgIpc) is 2.64. The van der Waals surface area contributed by atoms with E-state index in [2.05, 4.69) is 55.0 Å². The second-order valence-corrected chi connectivity index (χ2v) is 8.24. The van der Waals surface area contributed by atoms with Crippen molar-refractivity contribution < 1.29 is 4.74 Å². The summed E-state index contributed by atoms with van der Waals surface area (Å²) in [4.78, 5) is 9.78. The van der Waals surface area contributed by atoms with Crippen LogP contribution in [0.15, 0.2) is 12.7 Å². The fourth-order valence-electron chi connectivity index (χ4n) is 2.74. The Bertz CT molecular complexity index is 564. The molecule has 116 valence electrons. The van der Waals surface area contributed by atoms with Crippen molar-refractivity contribution >= 4 is 0 Å². The topological polar surface area (TPSA) is 35.0 Å². The van der Waals surface area contributed by atoms with E-state index in [1.807, 2.05) is 6.08 Å². The maximum Gasteiger partial charge on any atom is 0.134 e. The van der Waals surface area contributed by atoms with Gasteiger partial charge >= 0.3 is 0 Å². The molecule has 1 aromatic rings. The maximum absolute atomic E-state index is 6.08. The Labute approximate surface area is 128 Å². The summed E-state index contributed by atoms with van der Waals surface area (Å²) in [5.41, 5.74) is 2.86. The molecule has 2 heterocycles. The van der Waals surface area contributed by atoms with E-state index in [9.17, 15) is 0 Å². The van der Waals surface area contributed by atoms with E-state index in [-0.39, 0.29) is 16.4 Å². The molecule has 2 rings (SSSR count). The molecule has 1 aliphatic heterocycles. The molecule has 0 fully saturated rings. The third-order valence-corrected chi connectivity index (χ3v) is 3.96. The summed E-state index contributed by atoms with van der Waals surface area (Å²) in [7, 11) is 0. The zero-order chi connectivity index (χ0) is 16.1. The van der Waals surface area contributed by atoms with Gasteiger partial charge in [-0.15, -0.1) is 6.58 Å². The summed E-state index contributed by atoms with van der Waals surface area (Å²) in [6.45, 7) is 19.6. The summed E-state index contributed by atoms with van der Waals surface area (Å²) in [6.07, 6.45) is 2.68. The molecule has 21 heavy (non-hydrogen) atoms. The minimum absolute atomic E-state index is 0.0180. The second kappa shape index (κ2) is 4.91. The number of fused-ring (bicyclic) bond motifs is 1. The standard InChI is InChI=1S/C18H28N2O/c1-9-10-18(8)14-12(11-21-18)13(16(2,3)4)19-15(20-14)17(5,6)7/h9H,1,10-11H2,2-8H3. The molecule has 0 amide bonds. The molecule has 0 N–H and O–H groups in total. The largest absolute Gasteiger partial charge is 0.364 e. The maximum atomic E-state index is 6.08. The van der Waals surface area contributed by atoms with Crippen molar-refractivity contribution in [3.8, 4) is 0 Å². The fourth-order valence-corrected chi connectivity index (χ4v) is 2.74. The van der Waals surface area contributed by atoms with Crippen LogP contribution in [0.2, 0.25) is 0 Å². The average molecular weight is 288 g/mol. The van der Waals surface area contributed by atoms with Gasteiger partial charge in [-0.05, 0) is 13.3 Å². The molecular weight excluding hydrogens is 260 g/mol. The molecule has 0 aliphatic carbocycles. The van der Waals surface area contributed by atoms with E-state index in [1.165, 1.54) is 5.56 Å². The highest BCUT2D eigenvalue weighted by Crippen LogP contribution is 2.42. The van der Waals surface area contributed by atoms with Crippen molar-refractivity contribution in [2.75, 3.05) is 0 Å². The Hall–Kier alpha value is -1.22. The van der Waals surface area contributed by atoms with Gasteiger partial charge < -0.3 is 4.74 Å². The molecule has 3 heteroatoms. The molecule has 0 aromatic carbocycles. The van der Waals surface area contributed by atoms with Crippen LogP contribution >= 0.6 is 0 Å². The first kappa shape index (κ1) is 16.2. The number of hydrogen-bond donors (Lipinski definition) is 0. The van der Waals surface area contributed by atoms with Crippen molar-refractivity contribution in [2.24, 2.45) is 0 Å². The Morgan fingerprint density at radius 3 is 2.24 bits per heavy atom. The lowest BCUT2D eigenvalue weighted by Crippen LogP contribution is -2.27. The highest BCUT2D eigenvalue weighted by molar-refractivity contribution is 5.37. The monoisotopic (exact) mass is 288 g/mol. The first-order valence-electron chi connectivity index (χ1n) is 7.66. The zero-order valence-corrected chi connectivity index (χ0v) is 14.5. The van der Waals surface area contributed by atoms with Crippen LogP contribution in [-0.2, 0) is 27.8 Å². The number of hydrogen-bond acceptors (Lipinski definition) is 3. The van der Waals surface area contributed by atoms with Gasteiger partial charge in [0.1, 0.15) is 11.4 Å². The first-order chi connectivity index (χ1) is 9.49. The van der Waals surface area contributed by atoms with Gasteiger partial charge in [-0.2, -0.15) is 0 Å². The highest BCUT2D eigenvalue weighted by atomic mass is 16.5. The van der Waals surface area contributed by atoms with Crippen LogP contribution < -0.4 is 0 Å². The highest BCUT2D eigenvalue weighted by Gasteiger charge is 2.41. The summed E-state index contributed by atoms with van der Waals surface area (Å²) in [5.74, 6) is 0.895. The minimum Gasteiger partial charge on any atom is -0.364 e. The lowest BCUT2D eigenvalue weighted by Gasteiger charge is -2.27. The van der Waals surface area contributed by atoms with Crippen molar-refractivity contribution in [1.29, 1.82) is 0 Å². The fraction of sp³-hybridized carbons (Fsp3) is 0.667. The Morgan fingerprint density at radius 2 is 1.76 bits per heavy atom. The molecule has 0 radical (unpaired) electrons. The van der Waals surface area contributed by atoms with Crippen molar-refractivity contribution in [2.45, 2.75) is 77.9 Å². The predicted octanol–water partition coefficient (Wildman–Crippen LogP) is 4.39. The summed E-state index contributed by atoms with van der Waals surface area (Å²) in [5, 5.41) is 0. The van der Waals surface area contributed by atoms with Crippen molar-refractivity contribution in [1.82, 2.24) is 9.97 Å². The van der Waals surface area contributed by atoms with Crippen LogP contribution in [0, 0.1) is 0 Å². The second-order valence-electron chi connectivity index (χ2n) is 8.24. The molecule has 1 aliphatic rings. The molecule has 3 nitrogen and oxygen atoms in total. The number of ether oxygens (including phenoxy) is 1. The first-order valence-corrected chi connectivity index (χ1v) is 7.66. The number of nitrogens with zero attached hydrogens (tertiary/aromatic N) is 2. The Balaban J connectivity index is 2.71. The van der Waals surface area contributed by atoms with E-state index < -0.39 is 0 Å². The normalized spacial score (nSPS) is 22.2. The molecule has 1 aromatic heterocycles. The van der Waals surface area contributed by atoms with Gasteiger partial charge in [0.05, 0.1) is 18.0 Å². The van der Waals surface area contributed by atoms with Gasteiger partial charge in [0.2, 0.25) is 0 Å². The minimum atomic E-state index is -0.375. The quantitative estimate of drug-likeness (QED) is 0.757. The van der Waals surface area contributed by atoms with Gasteiger partial charge in [-0.3, -0.25) is 0 Å². The van der Waals surface area contributed by atoms with Crippen LogP contribution in [0.5, 0.6) is 0 Å². The van der Waals surface area contributed by atoms with Crippen LogP contribution in [-0.4, -0.2) is 9.97 Å². The number of rotatable bonds is 2. The van der Waals surface area contributed by atoms with Gasteiger partial charge in [0.25, 0.3) is 0 Å². The predicted molar refractivity (Wildman–Crippen MR) is 86.4 cm³/mol. The Morgan fingerprint density at radius 1 is 1.14 bits per heavy atom. The van der Waals surface area contributed by atoms with Crippen LogP contribution in [0.4, 0.5) is 0 Å². The third kappa shape index (κ3) is 2.89. The molecule has 0 saturated heterocycles. The smallest absolute Gasteiger partial charge is 0.134 e. The van der Waals surface area contributed by atoms with Crippen molar-refractivity contribution in [3.63, 3.8) is 0 Å². The summed E-state index contributed by atoms with van der Waals surface area (Å²) >= 11 is 0. The lowest BCUT2D eigenvalue weighted by atomic mass is 9.84. The molecule has 0 bridgehead atoms. The van der Waals surface area contributed by atoms with E-state index >= 15 is 0 Å². The van der Waals surface area contributed by atoms with Gasteiger partial charge in [-0.25, -0.2) is 9.97 Å². The zero-order valence-electron chi connectivity index (χ0n) is 14.5. The molecule has 0 spiro atoms. The molecular formula is C18H28N2O. The SMILES string of the molecule is C=CCC1(C)OCc2c(C(C)(C)C)nc(C(C)(C)C)nc21. The van der Waals surface area contributed by atoms with Gasteiger partial charge in [-0.1, -0.05) is 47.6 Å². The van der Waals surface area contributed by atoms with Crippen molar-refractivity contribution in [3.05, 3.63) is 35.4 Å². The lowest BCUT2D eigenvalue weighted by molar-refractivity contribution is -0.0232. The summed E-state index contributed by atoms with van der Waals surface area (Å²) in [6, 6.07) is 0. The van der Waals surface area contributed by atoms with Crippen LogP contribution in [0.3, 0.4) is 0 Å². The Kier molecular flexibility index (Phi) is 3.78. The van der Waals surface area contributed by atoms with E-state index in [0.29, 0.717) is 6.61 Å². The summed E-state index contributed by atoms with van der Waals surface area (Å²) < 4.78 is 6.08. The van der Waals surface area contributed by atoms with Gasteiger partial charge in [0.15, 0.2) is 0 Å².